The van der Waals surface area contributed by atoms with Gasteiger partial charge in [0.1, 0.15) is 39.7 Å². The van der Waals surface area contributed by atoms with Gasteiger partial charge in [0.25, 0.3) is 5.91 Å². The quantitative estimate of drug-likeness (QED) is 0.157. The van der Waals surface area contributed by atoms with Crippen molar-refractivity contribution in [2.45, 2.75) is 18.2 Å². The zero-order valence-electron chi connectivity index (χ0n) is 17.3. The molecule has 0 fully saturated rings. The van der Waals surface area contributed by atoms with E-state index in [9.17, 15) is 23.2 Å². The Labute approximate surface area is 210 Å². The van der Waals surface area contributed by atoms with Crippen LogP contribution < -0.4 is 20.3 Å². The van der Waals surface area contributed by atoms with Crippen molar-refractivity contribution in [3.63, 3.8) is 0 Å². The van der Waals surface area contributed by atoms with Gasteiger partial charge in [0.05, 0.1) is 11.3 Å². The van der Waals surface area contributed by atoms with Crippen LogP contribution in [-0.2, 0) is 15.8 Å². The fourth-order valence-electron chi connectivity index (χ4n) is 3.25. The third kappa shape index (κ3) is 6.37. The number of benzene rings is 2. The minimum absolute atomic E-state index is 0.00880. The molecule has 0 aromatic heterocycles. The molecule has 2 aromatic rings. The molecule has 1 heterocycles. The maximum absolute atomic E-state index is 12.5. The molecule has 4 radical (unpaired) electrons. The molecular formula is C20H14B2F3IN3O4P. The number of ether oxygens (including phenoxy) is 2. The zero-order chi connectivity index (χ0) is 25.1. The lowest BCUT2D eigenvalue weighted by atomic mass is 9.63. The largest absolute Gasteiger partial charge is 0.573 e. The summed E-state index contributed by atoms with van der Waals surface area (Å²) in [5.41, 5.74) is 4.21. The molecule has 34 heavy (non-hydrogen) atoms. The molecule has 0 saturated carbocycles. The summed E-state index contributed by atoms with van der Waals surface area (Å²) in [6.45, 7) is 3.68. The Kier molecular flexibility index (Phi) is 8.06. The van der Waals surface area contributed by atoms with E-state index >= 15 is 0 Å². The molecule has 1 amide bonds. The van der Waals surface area contributed by atoms with Gasteiger partial charge in [-0.15, -0.1) is 13.2 Å². The van der Waals surface area contributed by atoms with Crippen molar-refractivity contribution >= 4 is 55.8 Å². The molecule has 1 unspecified atom stereocenters. The molecular weight excluding hydrogens is 583 g/mol. The third-order valence-corrected chi connectivity index (χ3v) is 5.47. The van der Waals surface area contributed by atoms with E-state index < -0.39 is 23.4 Å². The van der Waals surface area contributed by atoms with Gasteiger partial charge in [0, 0.05) is 28.6 Å². The Morgan fingerprint density at radius 1 is 1.35 bits per heavy atom. The van der Waals surface area contributed by atoms with Crippen molar-refractivity contribution in [1.29, 1.82) is 5.26 Å². The number of hydrogen-bond donors (Lipinski definition) is 2. The molecule has 0 saturated heterocycles. The second-order valence-electron chi connectivity index (χ2n) is 7.14. The molecule has 0 aliphatic carbocycles. The molecule has 0 bridgehead atoms. The number of nitriles is 1. The normalized spacial score (nSPS) is 14.2. The van der Waals surface area contributed by atoms with E-state index in [-0.39, 0.29) is 36.3 Å². The summed E-state index contributed by atoms with van der Waals surface area (Å²) >= 11 is 1.93. The van der Waals surface area contributed by atoms with Crippen LogP contribution in [0.25, 0.3) is 11.1 Å². The first-order chi connectivity index (χ1) is 15.9. The molecule has 1 atom stereocenters. The van der Waals surface area contributed by atoms with Crippen LogP contribution in [0.2, 0.25) is 0 Å². The predicted octanol–water partition coefficient (Wildman–Crippen LogP) is 4.01. The van der Waals surface area contributed by atoms with Crippen LogP contribution in [0.3, 0.4) is 0 Å². The average Bonchev–Trinajstić information content (AvgIpc) is 3.09. The number of carbonyl (C=O) groups is 1. The summed E-state index contributed by atoms with van der Waals surface area (Å²) in [5.74, 6) is -0.697. The fraction of sp³-hybridized carbons (Fsp3) is 0.200. The number of carbonyl (C=O) groups excluding carboxylic acids is 1. The van der Waals surface area contributed by atoms with E-state index in [4.69, 9.17) is 25.1 Å². The standard InChI is InChI=1S/C20H14B2F3IN3O4P/c1-10(18(30)29-33-34-26)9-28-16-6-13(11-2-4-12(5-3-11)31-20(23,24)25)17-14(15(16)8-27)7-19(21,22)32-17/h2-6,28,34H,1,7,9H2,(H,29,30). The number of hydroxylamine groups is 1. The van der Waals surface area contributed by atoms with Gasteiger partial charge in [0.2, 0.25) is 0 Å². The number of hydrogen-bond acceptors (Lipinski definition) is 6. The fourth-order valence-corrected chi connectivity index (χ4v) is 3.71. The molecule has 172 valence electrons. The molecule has 14 heteroatoms. The van der Waals surface area contributed by atoms with Gasteiger partial charge in [-0.1, -0.05) is 18.7 Å². The van der Waals surface area contributed by atoms with Gasteiger partial charge in [-0.05, 0) is 52.2 Å². The van der Waals surface area contributed by atoms with E-state index in [1.807, 2.05) is 22.0 Å². The zero-order valence-corrected chi connectivity index (χ0v) is 20.4. The second-order valence-corrected chi connectivity index (χ2v) is 8.82. The maximum atomic E-state index is 12.5. The number of nitrogens with one attached hydrogen (secondary N) is 2. The third-order valence-electron chi connectivity index (χ3n) is 4.63. The van der Waals surface area contributed by atoms with E-state index in [0.29, 0.717) is 22.4 Å². The molecule has 2 N–H and O–H groups in total. The van der Waals surface area contributed by atoms with Crippen LogP contribution >= 0.6 is 28.5 Å². The van der Waals surface area contributed by atoms with Crippen LogP contribution in [0, 0.1) is 11.3 Å². The Morgan fingerprint density at radius 2 is 2.03 bits per heavy atom. The first-order valence-electron chi connectivity index (χ1n) is 9.40. The molecule has 7 nitrogen and oxygen atoms in total. The summed E-state index contributed by atoms with van der Waals surface area (Å²) in [5, 5.41) is 11.2. The average molecular weight is 597 g/mol. The second kappa shape index (κ2) is 10.5. The summed E-state index contributed by atoms with van der Waals surface area (Å²) in [4.78, 5) is 12.0. The monoisotopic (exact) mass is 597 g/mol. The number of fused-ring (bicyclic) bond motifs is 1. The topological polar surface area (TPSA) is 92.6 Å². The number of halogens is 4. The van der Waals surface area contributed by atoms with Crippen LogP contribution in [0.15, 0.2) is 42.5 Å². The van der Waals surface area contributed by atoms with Crippen molar-refractivity contribution in [3.8, 4) is 28.7 Å². The van der Waals surface area contributed by atoms with Gasteiger partial charge in [-0.3, -0.25) is 4.79 Å². The van der Waals surface area contributed by atoms with Gasteiger partial charge >= 0.3 is 6.36 Å². The lowest BCUT2D eigenvalue weighted by Crippen LogP contribution is -2.35. The van der Waals surface area contributed by atoms with Crippen LogP contribution in [-0.4, -0.2) is 39.9 Å². The van der Waals surface area contributed by atoms with Crippen molar-refractivity contribution in [3.05, 3.63) is 53.6 Å². The number of amides is 1. The van der Waals surface area contributed by atoms with Gasteiger partial charge < -0.3 is 14.8 Å². The van der Waals surface area contributed by atoms with Crippen molar-refractivity contribution in [1.82, 2.24) is 5.48 Å². The summed E-state index contributed by atoms with van der Waals surface area (Å²) < 4.78 is 51.9. The minimum Gasteiger partial charge on any atom is -0.506 e. The molecule has 1 aliphatic heterocycles. The molecule has 1 aliphatic rings. The van der Waals surface area contributed by atoms with Crippen molar-refractivity contribution in [2.75, 3.05) is 11.9 Å². The number of rotatable bonds is 8. The SMILES string of the molecule is [B]C1([B])Cc2c(C#N)c(NCC(=C)C(=O)NOPI)cc(-c3ccc(OC(F)(F)F)cc3)c2O1. The summed E-state index contributed by atoms with van der Waals surface area (Å²) in [6, 6.07) is 8.74. The summed E-state index contributed by atoms with van der Waals surface area (Å²) in [7, 11) is 11.9. The number of anilines is 1. The van der Waals surface area contributed by atoms with Gasteiger partial charge in [-0.2, -0.15) is 5.26 Å². The summed E-state index contributed by atoms with van der Waals surface area (Å²) in [6.07, 6.45) is -4.82. The van der Waals surface area contributed by atoms with Gasteiger partial charge in [0.15, 0.2) is 0 Å². The van der Waals surface area contributed by atoms with E-state index in [0.717, 1.165) is 12.1 Å². The highest BCUT2D eigenvalue weighted by molar-refractivity contribution is 14.2. The Hall–Kier alpha value is -2.42. The lowest BCUT2D eigenvalue weighted by Gasteiger charge is -2.20. The van der Waals surface area contributed by atoms with E-state index in [1.165, 1.54) is 12.1 Å². The smallest absolute Gasteiger partial charge is 0.506 e. The number of nitrogens with zero attached hydrogens (tertiary/aromatic N) is 1. The highest BCUT2D eigenvalue weighted by Crippen LogP contribution is 2.45. The first-order valence-corrected chi connectivity index (χ1v) is 13.4. The molecule has 2 aromatic carbocycles. The predicted molar refractivity (Wildman–Crippen MR) is 131 cm³/mol. The molecule has 0 spiro atoms. The minimum atomic E-state index is -4.83. The Morgan fingerprint density at radius 3 is 2.62 bits per heavy atom. The lowest BCUT2D eigenvalue weighted by molar-refractivity contribution is -0.274. The number of alkyl halides is 3. The molecule has 3 rings (SSSR count). The van der Waals surface area contributed by atoms with Crippen LogP contribution in [0.4, 0.5) is 18.9 Å². The van der Waals surface area contributed by atoms with Crippen LogP contribution in [0.1, 0.15) is 11.1 Å². The van der Waals surface area contributed by atoms with Crippen molar-refractivity contribution < 1.29 is 32.1 Å². The van der Waals surface area contributed by atoms with E-state index in [1.54, 1.807) is 6.07 Å². The Balaban J connectivity index is 1.97. The Bertz CT molecular complexity index is 1160. The highest BCUT2D eigenvalue weighted by Gasteiger charge is 2.35. The van der Waals surface area contributed by atoms with Crippen molar-refractivity contribution in [2.24, 2.45) is 0 Å². The first kappa shape index (κ1) is 26.2. The van der Waals surface area contributed by atoms with Gasteiger partial charge in [-0.25, -0.2) is 10.1 Å². The highest BCUT2D eigenvalue weighted by atomic mass is 127. The van der Waals surface area contributed by atoms with E-state index in [2.05, 4.69) is 28.2 Å². The van der Waals surface area contributed by atoms with Crippen LogP contribution in [0.5, 0.6) is 11.5 Å². The maximum Gasteiger partial charge on any atom is 0.573 e.